The summed E-state index contributed by atoms with van der Waals surface area (Å²) in [5, 5.41) is 3.26. The molecule has 0 aromatic rings. The number of nitrogens with one attached hydrogen (secondary N) is 1. The molecule has 1 unspecified atom stereocenters. The predicted molar refractivity (Wildman–Crippen MR) is 76.4 cm³/mol. The zero-order valence-corrected chi connectivity index (χ0v) is 13.4. The molecule has 1 rings (SSSR count). The van der Waals surface area contributed by atoms with Crippen LogP contribution in [0.5, 0.6) is 0 Å². The van der Waals surface area contributed by atoms with E-state index in [0.717, 1.165) is 12.8 Å². The molecule has 0 amide bonds. The summed E-state index contributed by atoms with van der Waals surface area (Å²) in [5.74, 6) is 0.246. The van der Waals surface area contributed by atoms with Gasteiger partial charge < -0.3 is 5.32 Å². The number of sulfonamides is 1. The fourth-order valence-electron chi connectivity index (χ4n) is 2.39. The zero-order valence-electron chi connectivity index (χ0n) is 11.8. The van der Waals surface area contributed by atoms with Crippen molar-refractivity contribution in [2.24, 2.45) is 0 Å². The quantitative estimate of drug-likeness (QED) is 0.736. The number of sulfone groups is 1. The van der Waals surface area contributed by atoms with E-state index in [-0.39, 0.29) is 23.6 Å². The first kappa shape index (κ1) is 16.9. The molecule has 1 aliphatic rings. The van der Waals surface area contributed by atoms with Crippen LogP contribution in [0.4, 0.5) is 0 Å². The van der Waals surface area contributed by atoms with Crippen molar-refractivity contribution in [2.45, 2.75) is 38.8 Å². The molecule has 0 spiro atoms. The Kier molecular flexibility index (Phi) is 5.78. The Morgan fingerprint density at radius 1 is 1.21 bits per heavy atom. The third-order valence-corrected chi connectivity index (χ3v) is 6.27. The molecule has 0 radical (unpaired) electrons. The zero-order chi connectivity index (χ0) is 14.7. The van der Waals surface area contributed by atoms with E-state index in [1.165, 1.54) is 10.6 Å². The minimum Gasteiger partial charge on any atom is -0.310 e. The Balaban J connectivity index is 2.43. The van der Waals surface area contributed by atoms with Gasteiger partial charge in [0.25, 0.3) is 0 Å². The molecule has 0 aromatic carbocycles. The van der Waals surface area contributed by atoms with Crippen molar-refractivity contribution in [3.63, 3.8) is 0 Å². The van der Waals surface area contributed by atoms with Crippen LogP contribution in [0.1, 0.15) is 26.7 Å². The van der Waals surface area contributed by atoms with Crippen LogP contribution in [-0.4, -0.2) is 64.1 Å². The molecule has 1 atom stereocenters. The molecule has 0 saturated carbocycles. The smallest absolute Gasteiger partial charge is 0.213 e. The summed E-state index contributed by atoms with van der Waals surface area (Å²) in [5.41, 5.74) is 0. The summed E-state index contributed by atoms with van der Waals surface area (Å²) < 4.78 is 47.3. The van der Waals surface area contributed by atoms with E-state index in [0.29, 0.717) is 13.1 Å². The fraction of sp³-hybridized carbons (Fsp3) is 1.00. The molecule has 114 valence electrons. The second-order valence-corrected chi connectivity index (χ2v) is 9.68. The molecule has 0 aliphatic carbocycles. The van der Waals surface area contributed by atoms with Crippen LogP contribution >= 0.6 is 0 Å². The van der Waals surface area contributed by atoms with Gasteiger partial charge >= 0.3 is 0 Å². The monoisotopic (exact) mass is 312 g/mol. The average Bonchev–Trinajstić information content (AvgIpc) is 2.27. The minimum atomic E-state index is -3.09. The lowest BCUT2D eigenvalue weighted by Gasteiger charge is -2.32. The predicted octanol–water partition coefficient (Wildman–Crippen LogP) is -0.177. The first-order valence-corrected chi connectivity index (χ1v) is 10.2. The van der Waals surface area contributed by atoms with Gasteiger partial charge in [0.2, 0.25) is 10.0 Å². The fourth-order valence-corrected chi connectivity index (χ4v) is 4.52. The van der Waals surface area contributed by atoms with Gasteiger partial charge in [-0.2, -0.15) is 0 Å². The van der Waals surface area contributed by atoms with Gasteiger partial charge in [-0.25, -0.2) is 21.1 Å². The topological polar surface area (TPSA) is 83.6 Å². The Labute approximate surface area is 116 Å². The normalized spacial score (nSPS) is 21.4. The Hall–Kier alpha value is -0.180. The van der Waals surface area contributed by atoms with Crippen LogP contribution in [0.15, 0.2) is 0 Å². The van der Waals surface area contributed by atoms with Gasteiger partial charge in [0.1, 0.15) is 9.84 Å². The first-order chi connectivity index (χ1) is 8.64. The van der Waals surface area contributed by atoms with Gasteiger partial charge in [-0.3, -0.25) is 0 Å². The van der Waals surface area contributed by atoms with Gasteiger partial charge in [-0.15, -0.1) is 0 Å². The van der Waals surface area contributed by atoms with Gasteiger partial charge in [-0.05, 0) is 26.7 Å². The molecular formula is C11H24N2O4S2. The number of piperidine rings is 1. The van der Waals surface area contributed by atoms with E-state index >= 15 is 0 Å². The highest BCUT2D eigenvalue weighted by atomic mass is 32.2. The third-order valence-electron chi connectivity index (χ3n) is 3.29. The van der Waals surface area contributed by atoms with Crippen molar-refractivity contribution in [1.29, 1.82) is 0 Å². The molecule has 1 heterocycles. The third kappa shape index (κ3) is 5.76. The summed E-state index contributed by atoms with van der Waals surface area (Å²) in [6, 6.07) is 0.0920. The molecule has 0 bridgehead atoms. The maximum absolute atomic E-state index is 11.7. The van der Waals surface area contributed by atoms with Crippen molar-refractivity contribution >= 4 is 19.9 Å². The summed E-state index contributed by atoms with van der Waals surface area (Å²) in [6.07, 6.45) is 2.68. The second-order valence-electron chi connectivity index (χ2n) is 5.23. The molecular weight excluding hydrogens is 288 g/mol. The van der Waals surface area contributed by atoms with Crippen molar-refractivity contribution < 1.29 is 16.8 Å². The SMILES string of the molecule is CCS(=O)(=O)N1CCC(NC(C)CS(C)(=O)=O)CC1. The lowest BCUT2D eigenvalue weighted by atomic mass is 10.1. The number of hydrogen-bond donors (Lipinski definition) is 1. The van der Waals surface area contributed by atoms with Gasteiger partial charge in [0, 0.05) is 31.4 Å². The van der Waals surface area contributed by atoms with E-state index in [2.05, 4.69) is 5.32 Å². The Morgan fingerprint density at radius 3 is 2.16 bits per heavy atom. The first-order valence-electron chi connectivity index (χ1n) is 6.55. The van der Waals surface area contributed by atoms with Gasteiger partial charge in [0.15, 0.2) is 0 Å². The highest BCUT2D eigenvalue weighted by molar-refractivity contribution is 7.90. The van der Waals surface area contributed by atoms with Gasteiger partial charge in [-0.1, -0.05) is 0 Å². The van der Waals surface area contributed by atoms with E-state index < -0.39 is 19.9 Å². The van der Waals surface area contributed by atoms with E-state index in [1.54, 1.807) is 6.92 Å². The van der Waals surface area contributed by atoms with E-state index in [9.17, 15) is 16.8 Å². The summed E-state index contributed by atoms with van der Waals surface area (Å²) in [6.45, 7) is 4.52. The molecule has 6 nitrogen and oxygen atoms in total. The van der Waals surface area contributed by atoms with Crippen LogP contribution in [0.25, 0.3) is 0 Å². The molecule has 8 heteroatoms. The molecule has 1 N–H and O–H groups in total. The highest BCUT2D eigenvalue weighted by Crippen LogP contribution is 2.15. The summed E-state index contributed by atoms with van der Waals surface area (Å²) in [7, 11) is -6.07. The molecule has 19 heavy (non-hydrogen) atoms. The maximum Gasteiger partial charge on any atom is 0.213 e. The summed E-state index contributed by atoms with van der Waals surface area (Å²) >= 11 is 0. The molecule has 0 aromatic heterocycles. The van der Waals surface area contributed by atoms with Crippen molar-refractivity contribution in [1.82, 2.24) is 9.62 Å². The molecule has 1 aliphatic heterocycles. The molecule has 1 fully saturated rings. The van der Waals surface area contributed by atoms with Crippen LogP contribution in [0, 0.1) is 0 Å². The largest absolute Gasteiger partial charge is 0.310 e. The second kappa shape index (κ2) is 6.51. The highest BCUT2D eigenvalue weighted by Gasteiger charge is 2.27. The van der Waals surface area contributed by atoms with Crippen molar-refractivity contribution in [3.8, 4) is 0 Å². The molecule has 1 saturated heterocycles. The standard InChI is InChI=1S/C11H24N2O4S2/c1-4-19(16,17)13-7-5-11(6-8-13)12-10(2)9-18(3,14)15/h10-12H,4-9H2,1-3H3. The van der Waals surface area contributed by atoms with Crippen molar-refractivity contribution in [3.05, 3.63) is 0 Å². The van der Waals surface area contributed by atoms with E-state index in [1.807, 2.05) is 6.92 Å². The Morgan fingerprint density at radius 2 is 1.74 bits per heavy atom. The van der Waals surface area contributed by atoms with Crippen LogP contribution in [-0.2, 0) is 19.9 Å². The lowest BCUT2D eigenvalue weighted by molar-refractivity contribution is 0.280. The average molecular weight is 312 g/mol. The van der Waals surface area contributed by atoms with Crippen LogP contribution < -0.4 is 5.32 Å². The number of nitrogens with zero attached hydrogens (tertiary/aromatic N) is 1. The van der Waals surface area contributed by atoms with Crippen LogP contribution in [0.3, 0.4) is 0 Å². The number of rotatable bonds is 6. The van der Waals surface area contributed by atoms with Crippen LogP contribution in [0.2, 0.25) is 0 Å². The van der Waals surface area contributed by atoms with Crippen molar-refractivity contribution in [2.75, 3.05) is 30.9 Å². The van der Waals surface area contributed by atoms with Gasteiger partial charge in [0.05, 0.1) is 11.5 Å². The number of hydrogen-bond acceptors (Lipinski definition) is 5. The van der Waals surface area contributed by atoms with E-state index in [4.69, 9.17) is 0 Å². The summed E-state index contributed by atoms with van der Waals surface area (Å²) in [4.78, 5) is 0. The Bertz CT molecular complexity index is 479. The lowest BCUT2D eigenvalue weighted by Crippen LogP contribution is -2.48. The maximum atomic E-state index is 11.7. The minimum absolute atomic E-state index is 0.102.